The van der Waals surface area contributed by atoms with Crippen LogP contribution in [0.4, 0.5) is 0 Å². The summed E-state index contributed by atoms with van der Waals surface area (Å²) in [6.45, 7) is 11.8. The molecule has 1 heterocycles. The molecule has 3 heteroatoms. The van der Waals surface area contributed by atoms with E-state index in [0.29, 0.717) is 11.5 Å². The molecule has 1 aliphatic rings. The third kappa shape index (κ3) is 4.49. The van der Waals surface area contributed by atoms with Gasteiger partial charge in [-0.1, -0.05) is 20.8 Å². The van der Waals surface area contributed by atoms with Crippen molar-refractivity contribution in [2.24, 2.45) is 5.41 Å². The van der Waals surface area contributed by atoms with E-state index in [2.05, 4.69) is 32.6 Å². The highest BCUT2D eigenvalue weighted by atomic mass is 16.5. The fourth-order valence-electron chi connectivity index (χ4n) is 1.78. The van der Waals surface area contributed by atoms with Crippen LogP contribution in [0.15, 0.2) is 0 Å². The standard InChI is InChI=1S/C12H25NO2/c1-10-9-15-11(8-14)7-13(10)6-5-12(2,3)4/h10-11,14H,5-9H2,1-4H3. The van der Waals surface area contributed by atoms with E-state index in [1.54, 1.807) is 0 Å². The Labute approximate surface area is 93.4 Å². The summed E-state index contributed by atoms with van der Waals surface area (Å²) < 4.78 is 5.51. The first-order valence-electron chi connectivity index (χ1n) is 5.89. The van der Waals surface area contributed by atoms with Crippen molar-refractivity contribution in [3.63, 3.8) is 0 Å². The first kappa shape index (κ1) is 12.9. The molecule has 2 atom stereocenters. The Morgan fingerprint density at radius 1 is 1.40 bits per heavy atom. The summed E-state index contributed by atoms with van der Waals surface area (Å²) in [5.74, 6) is 0. The Morgan fingerprint density at radius 3 is 2.60 bits per heavy atom. The van der Waals surface area contributed by atoms with Crippen LogP contribution in [0.25, 0.3) is 0 Å². The monoisotopic (exact) mass is 215 g/mol. The normalized spacial score (nSPS) is 29.4. The van der Waals surface area contributed by atoms with E-state index in [9.17, 15) is 0 Å². The van der Waals surface area contributed by atoms with E-state index in [0.717, 1.165) is 19.7 Å². The fraction of sp³-hybridized carbons (Fsp3) is 1.00. The van der Waals surface area contributed by atoms with Crippen molar-refractivity contribution in [3.05, 3.63) is 0 Å². The molecule has 2 unspecified atom stereocenters. The number of nitrogens with zero attached hydrogens (tertiary/aromatic N) is 1. The number of aliphatic hydroxyl groups excluding tert-OH is 1. The number of hydrogen-bond acceptors (Lipinski definition) is 3. The molecule has 0 spiro atoms. The second-order valence-corrected chi connectivity index (χ2v) is 5.79. The summed E-state index contributed by atoms with van der Waals surface area (Å²) in [5, 5.41) is 9.07. The van der Waals surface area contributed by atoms with Gasteiger partial charge in [-0.15, -0.1) is 0 Å². The minimum Gasteiger partial charge on any atom is -0.394 e. The van der Waals surface area contributed by atoms with Gasteiger partial charge in [-0.05, 0) is 25.3 Å². The quantitative estimate of drug-likeness (QED) is 0.774. The molecule has 1 aliphatic heterocycles. The second kappa shape index (κ2) is 5.28. The van der Waals surface area contributed by atoms with Gasteiger partial charge >= 0.3 is 0 Å². The van der Waals surface area contributed by atoms with Crippen molar-refractivity contribution >= 4 is 0 Å². The first-order chi connectivity index (χ1) is 6.92. The van der Waals surface area contributed by atoms with Gasteiger partial charge in [0.15, 0.2) is 0 Å². The molecule has 0 aromatic rings. The molecule has 0 amide bonds. The van der Waals surface area contributed by atoms with Crippen LogP contribution in [0.1, 0.15) is 34.1 Å². The average Bonchev–Trinajstić information content (AvgIpc) is 2.15. The molecule has 0 bridgehead atoms. The smallest absolute Gasteiger partial charge is 0.0933 e. The lowest BCUT2D eigenvalue weighted by Gasteiger charge is -2.38. The molecule has 1 N–H and O–H groups in total. The Hall–Kier alpha value is -0.120. The SMILES string of the molecule is CC1COC(CO)CN1CCC(C)(C)C. The van der Waals surface area contributed by atoms with Crippen molar-refractivity contribution in [2.45, 2.75) is 46.3 Å². The van der Waals surface area contributed by atoms with Crippen LogP contribution in [-0.4, -0.2) is 48.5 Å². The van der Waals surface area contributed by atoms with Gasteiger partial charge in [0.1, 0.15) is 0 Å². The van der Waals surface area contributed by atoms with Crippen LogP contribution < -0.4 is 0 Å². The molecule has 0 radical (unpaired) electrons. The lowest BCUT2D eigenvalue weighted by Crippen LogP contribution is -2.50. The molecule has 0 saturated carbocycles. The third-order valence-electron chi connectivity index (χ3n) is 2.99. The predicted octanol–water partition coefficient (Wildman–Crippen LogP) is 1.50. The number of ether oxygens (including phenoxy) is 1. The van der Waals surface area contributed by atoms with Gasteiger partial charge < -0.3 is 9.84 Å². The van der Waals surface area contributed by atoms with E-state index in [4.69, 9.17) is 9.84 Å². The largest absolute Gasteiger partial charge is 0.394 e. The van der Waals surface area contributed by atoms with Gasteiger partial charge in [-0.2, -0.15) is 0 Å². The van der Waals surface area contributed by atoms with Crippen molar-refractivity contribution in [2.75, 3.05) is 26.3 Å². The average molecular weight is 215 g/mol. The molecule has 1 fully saturated rings. The first-order valence-corrected chi connectivity index (χ1v) is 5.89. The third-order valence-corrected chi connectivity index (χ3v) is 2.99. The fourth-order valence-corrected chi connectivity index (χ4v) is 1.78. The number of morpholine rings is 1. The Kier molecular flexibility index (Phi) is 4.56. The van der Waals surface area contributed by atoms with E-state index in [1.165, 1.54) is 6.42 Å². The molecule has 1 saturated heterocycles. The highest BCUT2D eigenvalue weighted by molar-refractivity contribution is 4.78. The number of aliphatic hydroxyl groups is 1. The zero-order valence-corrected chi connectivity index (χ0v) is 10.5. The van der Waals surface area contributed by atoms with Gasteiger partial charge in [0, 0.05) is 12.6 Å². The van der Waals surface area contributed by atoms with Crippen LogP contribution in [0.2, 0.25) is 0 Å². The summed E-state index contributed by atoms with van der Waals surface area (Å²) in [5.41, 5.74) is 0.382. The summed E-state index contributed by atoms with van der Waals surface area (Å²) in [7, 11) is 0. The van der Waals surface area contributed by atoms with E-state index < -0.39 is 0 Å². The zero-order chi connectivity index (χ0) is 11.5. The molecular weight excluding hydrogens is 190 g/mol. The summed E-state index contributed by atoms with van der Waals surface area (Å²) >= 11 is 0. The van der Waals surface area contributed by atoms with Gasteiger partial charge in [0.05, 0.1) is 19.3 Å². The number of rotatable bonds is 3. The predicted molar refractivity (Wildman–Crippen MR) is 61.9 cm³/mol. The highest BCUT2D eigenvalue weighted by Gasteiger charge is 2.26. The van der Waals surface area contributed by atoms with Crippen LogP contribution in [0, 0.1) is 5.41 Å². The maximum atomic E-state index is 9.07. The molecular formula is C12H25NO2. The van der Waals surface area contributed by atoms with Crippen molar-refractivity contribution < 1.29 is 9.84 Å². The van der Waals surface area contributed by atoms with Crippen LogP contribution >= 0.6 is 0 Å². The van der Waals surface area contributed by atoms with Gasteiger partial charge in [0.2, 0.25) is 0 Å². The van der Waals surface area contributed by atoms with Gasteiger partial charge in [-0.25, -0.2) is 0 Å². The zero-order valence-electron chi connectivity index (χ0n) is 10.5. The maximum Gasteiger partial charge on any atom is 0.0933 e. The lowest BCUT2D eigenvalue weighted by molar-refractivity contribution is -0.0795. The Bertz CT molecular complexity index is 189. The Morgan fingerprint density at radius 2 is 2.07 bits per heavy atom. The summed E-state index contributed by atoms with van der Waals surface area (Å²) in [6.07, 6.45) is 1.20. The van der Waals surface area contributed by atoms with Crippen molar-refractivity contribution in [1.29, 1.82) is 0 Å². The van der Waals surface area contributed by atoms with Crippen molar-refractivity contribution in [1.82, 2.24) is 4.90 Å². The summed E-state index contributed by atoms with van der Waals surface area (Å²) in [4.78, 5) is 2.43. The molecule has 90 valence electrons. The molecule has 1 rings (SSSR count). The minimum absolute atomic E-state index is 0.0150. The van der Waals surface area contributed by atoms with Crippen molar-refractivity contribution in [3.8, 4) is 0 Å². The van der Waals surface area contributed by atoms with Crippen LogP contribution in [0.3, 0.4) is 0 Å². The molecule has 0 aliphatic carbocycles. The van der Waals surface area contributed by atoms with E-state index >= 15 is 0 Å². The topological polar surface area (TPSA) is 32.7 Å². The maximum absolute atomic E-state index is 9.07. The molecule has 0 aromatic carbocycles. The van der Waals surface area contributed by atoms with Gasteiger partial charge in [0.25, 0.3) is 0 Å². The van der Waals surface area contributed by atoms with E-state index in [-0.39, 0.29) is 12.7 Å². The van der Waals surface area contributed by atoms with Gasteiger partial charge in [-0.3, -0.25) is 4.90 Å². The summed E-state index contributed by atoms with van der Waals surface area (Å²) in [6, 6.07) is 0.482. The second-order valence-electron chi connectivity index (χ2n) is 5.79. The number of hydrogen-bond donors (Lipinski definition) is 1. The lowest BCUT2D eigenvalue weighted by atomic mass is 9.92. The van der Waals surface area contributed by atoms with Crippen LogP contribution in [-0.2, 0) is 4.74 Å². The highest BCUT2D eigenvalue weighted by Crippen LogP contribution is 2.21. The molecule has 0 aromatic heterocycles. The molecule has 15 heavy (non-hydrogen) atoms. The Balaban J connectivity index is 2.38. The van der Waals surface area contributed by atoms with E-state index in [1.807, 2.05) is 0 Å². The molecule has 3 nitrogen and oxygen atoms in total. The van der Waals surface area contributed by atoms with Crippen LogP contribution in [0.5, 0.6) is 0 Å². The minimum atomic E-state index is 0.0150.